The largest absolute Gasteiger partial charge is 0.228 e. The molecule has 1 rings (SSSR count). The molecule has 0 bridgehead atoms. The van der Waals surface area contributed by atoms with Gasteiger partial charge in [0.05, 0.1) is 10.5 Å². The molecule has 1 heterocycles. The third-order valence-corrected chi connectivity index (χ3v) is 6.22. The fourth-order valence-corrected chi connectivity index (χ4v) is 4.29. The molecule has 0 spiro atoms. The molecule has 0 aromatic heterocycles. The molecule has 0 aromatic rings. The maximum absolute atomic E-state index is 12.1. The van der Waals surface area contributed by atoms with Crippen molar-refractivity contribution in [1.29, 1.82) is 0 Å². The molecule has 0 N–H and O–H groups in total. The highest BCUT2D eigenvalue weighted by Crippen LogP contribution is 2.29. The lowest BCUT2D eigenvalue weighted by Crippen LogP contribution is -2.23. The van der Waals surface area contributed by atoms with Crippen LogP contribution in [-0.2, 0) is 9.84 Å². The second-order valence-electron chi connectivity index (χ2n) is 5.80. The zero-order valence-electron chi connectivity index (χ0n) is 12.7. The SMILES string of the molecule is CC(C)=CCC/C(C)=C/C[C@H]1C(C)=C[C@H](C)S1(=O)=O. The molecule has 0 radical (unpaired) electrons. The third kappa shape index (κ3) is 4.34. The minimum atomic E-state index is -2.99. The number of rotatable bonds is 5. The monoisotopic (exact) mass is 282 g/mol. The van der Waals surface area contributed by atoms with Gasteiger partial charge in [0.1, 0.15) is 0 Å². The molecule has 0 fully saturated rings. The van der Waals surface area contributed by atoms with Gasteiger partial charge in [-0.1, -0.05) is 34.9 Å². The molecule has 1 aliphatic heterocycles. The number of sulfone groups is 1. The van der Waals surface area contributed by atoms with Gasteiger partial charge in [0.25, 0.3) is 0 Å². The van der Waals surface area contributed by atoms with Crippen LogP contribution in [0.5, 0.6) is 0 Å². The average Bonchev–Trinajstić information content (AvgIpc) is 2.46. The molecule has 2 atom stereocenters. The van der Waals surface area contributed by atoms with E-state index in [1.54, 1.807) is 6.92 Å². The van der Waals surface area contributed by atoms with Crippen molar-refractivity contribution < 1.29 is 8.42 Å². The van der Waals surface area contributed by atoms with Gasteiger partial charge in [-0.2, -0.15) is 0 Å². The summed E-state index contributed by atoms with van der Waals surface area (Å²) >= 11 is 0. The van der Waals surface area contributed by atoms with E-state index in [0.717, 1.165) is 18.4 Å². The molecule has 3 heteroatoms. The van der Waals surface area contributed by atoms with Crippen LogP contribution in [0.1, 0.15) is 53.9 Å². The Morgan fingerprint density at radius 1 is 1.26 bits per heavy atom. The predicted molar refractivity (Wildman–Crippen MR) is 83.0 cm³/mol. The Balaban J connectivity index is 2.61. The highest BCUT2D eigenvalue weighted by Gasteiger charge is 2.36. The average molecular weight is 282 g/mol. The topological polar surface area (TPSA) is 34.1 Å². The van der Waals surface area contributed by atoms with Crippen LogP contribution in [-0.4, -0.2) is 18.9 Å². The van der Waals surface area contributed by atoms with E-state index in [0.29, 0.717) is 6.42 Å². The van der Waals surface area contributed by atoms with Gasteiger partial charge in [0.15, 0.2) is 9.84 Å². The van der Waals surface area contributed by atoms with Crippen LogP contribution in [0.4, 0.5) is 0 Å². The van der Waals surface area contributed by atoms with Gasteiger partial charge < -0.3 is 0 Å². The van der Waals surface area contributed by atoms with Crippen molar-refractivity contribution in [2.24, 2.45) is 0 Å². The standard InChI is InChI=1S/C16H26O2S/c1-12(2)7-6-8-13(3)9-10-16-14(4)11-15(5)19(16,17)18/h7,9,11,15-16H,6,8,10H2,1-5H3/b13-9+/t15-,16-/m0/s1. The van der Waals surface area contributed by atoms with E-state index in [1.807, 2.05) is 13.0 Å². The summed E-state index contributed by atoms with van der Waals surface area (Å²) < 4.78 is 24.3. The Bertz CT molecular complexity index is 503. The zero-order chi connectivity index (χ0) is 14.6. The maximum Gasteiger partial charge on any atom is 0.163 e. The van der Waals surface area contributed by atoms with Crippen molar-refractivity contribution in [1.82, 2.24) is 0 Å². The molecule has 0 unspecified atom stereocenters. The minimum absolute atomic E-state index is 0.305. The predicted octanol–water partition coefficient (Wildman–Crippen LogP) is 4.20. The van der Waals surface area contributed by atoms with Crippen molar-refractivity contribution in [2.45, 2.75) is 64.4 Å². The maximum atomic E-state index is 12.1. The highest BCUT2D eigenvalue weighted by molar-refractivity contribution is 7.93. The van der Waals surface area contributed by atoms with Crippen LogP contribution in [0, 0.1) is 0 Å². The Kier molecular flexibility index (Phi) is 5.60. The fourth-order valence-electron chi connectivity index (χ4n) is 2.41. The minimum Gasteiger partial charge on any atom is -0.228 e. The van der Waals surface area contributed by atoms with E-state index in [9.17, 15) is 8.42 Å². The number of hydrogen-bond donors (Lipinski definition) is 0. The number of hydrogen-bond acceptors (Lipinski definition) is 2. The molecule has 19 heavy (non-hydrogen) atoms. The van der Waals surface area contributed by atoms with Gasteiger partial charge in [-0.15, -0.1) is 0 Å². The summed E-state index contributed by atoms with van der Waals surface area (Å²) in [5, 5.41) is -0.627. The smallest absolute Gasteiger partial charge is 0.163 e. The molecular weight excluding hydrogens is 256 g/mol. The number of allylic oxidation sites excluding steroid dienone is 4. The molecule has 0 saturated carbocycles. The Labute approximate surface area is 118 Å². The second kappa shape index (κ2) is 6.56. The summed E-state index contributed by atoms with van der Waals surface area (Å²) in [5.74, 6) is 0. The van der Waals surface area contributed by atoms with Crippen LogP contribution in [0.25, 0.3) is 0 Å². The van der Waals surface area contributed by atoms with Crippen molar-refractivity contribution >= 4 is 9.84 Å². The Hall–Kier alpha value is -0.830. The van der Waals surface area contributed by atoms with Crippen molar-refractivity contribution in [3.63, 3.8) is 0 Å². The van der Waals surface area contributed by atoms with Gasteiger partial charge in [0.2, 0.25) is 0 Å². The first-order valence-corrected chi connectivity index (χ1v) is 8.56. The first-order valence-electron chi connectivity index (χ1n) is 6.95. The second-order valence-corrected chi connectivity index (χ2v) is 8.29. The molecule has 1 aliphatic rings. The van der Waals surface area contributed by atoms with Crippen molar-refractivity contribution in [2.75, 3.05) is 0 Å². The quantitative estimate of drug-likeness (QED) is 0.708. The Morgan fingerprint density at radius 3 is 2.37 bits per heavy atom. The van der Waals surface area contributed by atoms with E-state index in [1.165, 1.54) is 11.1 Å². The lowest BCUT2D eigenvalue weighted by molar-refractivity contribution is 0.586. The van der Waals surface area contributed by atoms with Gasteiger partial charge in [0, 0.05) is 0 Å². The van der Waals surface area contributed by atoms with Gasteiger partial charge in [-0.25, -0.2) is 8.42 Å². The van der Waals surface area contributed by atoms with Crippen LogP contribution in [0.3, 0.4) is 0 Å². The zero-order valence-corrected chi connectivity index (χ0v) is 13.5. The van der Waals surface area contributed by atoms with Crippen LogP contribution in [0.15, 0.2) is 34.9 Å². The summed E-state index contributed by atoms with van der Waals surface area (Å²) in [7, 11) is -2.99. The molecule has 0 amide bonds. The molecular formula is C16H26O2S. The molecule has 0 aliphatic carbocycles. The van der Waals surface area contributed by atoms with E-state index in [-0.39, 0.29) is 10.5 Å². The van der Waals surface area contributed by atoms with Crippen molar-refractivity contribution in [3.8, 4) is 0 Å². The van der Waals surface area contributed by atoms with E-state index < -0.39 is 9.84 Å². The summed E-state index contributed by atoms with van der Waals surface area (Å²) in [4.78, 5) is 0. The normalized spacial score (nSPS) is 26.2. The van der Waals surface area contributed by atoms with Crippen LogP contribution in [0.2, 0.25) is 0 Å². The van der Waals surface area contributed by atoms with E-state index in [4.69, 9.17) is 0 Å². The van der Waals surface area contributed by atoms with E-state index in [2.05, 4.69) is 32.9 Å². The summed E-state index contributed by atoms with van der Waals surface area (Å²) in [6.07, 6.45) is 8.86. The van der Waals surface area contributed by atoms with Gasteiger partial charge >= 0.3 is 0 Å². The fraction of sp³-hybridized carbons (Fsp3) is 0.625. The molecule has 0 aromatic carbocycles. The molecule has 108 valence electrons. The van der Waals surface area contributed by atoms with Gasteiger partial charge in [-0.3, -0.25) is 0 Å². The Morgan fingerprint density at radius 2 is 1.89 bits per heavy atom. The molecule has 2 nitrogen and oxygen atoms in total. The van der Waals surface area contributed by atoms with Gasteiger partial charge in [-0.05, 0) is 53.9 Å². The summed E-state index contributed by atoms with van der Waals surface area (Å²) in [6, 6.07) is 0. The van der Waals surface area contributed by atoms with E-state index >= 15 is 0 Å². The van der Waals surface area contributed by atoms with Crippen LogP contribution >= 0.6 is 0 Å². The molecule has 0 saturated heterocycles. The lowest BCUT2D eigenvalue weighted by atomic mass is 10.1. The third-order valence-electron chi connectivity index (χ3n) is 3.69. The van der Waals surface area contributed by atoms with Crippen molar-refractivity contribution in [3.05, 3.63) is 34.9 Å². The summed E-state index contributed by atoms with van der Waals surface area (Å²) in [5.41, 5.74) is 3.61. The first kappa shape index (κ1) is 16.2. The highest BCUT2D eigenvalue weighted by atomic mass is 32.2. The first-order chi connectivity index (χ1) is 8.75. The lowest BCUT2D eigenvalue weighted by Gasteiger charge is -2.12. The summed E-state index contributed by atoms with van der Waals surface area (Å²) in [6.45, 7) is 9.98. The van der Waals surface area contributed by atoms with Crippen LogP contribution < -0.4 is 0 Å².